The molecule has 0 aliphatic carbocycles. The number of rotatable bonds is 4. The fourth-order valence-electron chi connectivity index (χ4n) is 5.82. The zero-order valence-electron chi connectivity index (χ0n) is 26.0. The van der Waals surface area contributed by atoms with Crippen molar-refractivity contribution in [1.82, 2.24) is 25.4 Å². The van der Waals surface area contributed by atoms with Crippen LogP contribution in [-0.4, -0.2) is 76.7 Å². The summed E-state index contributed by atoms with van der Waals surface area (Å²) >= 11 is 0. The molecule has 45 heavy (non-hydrogen) atoms. The van der Waals surface area contributed by atoms with Gasteiger partial charge in [0, 0.05) is 31.2 Å². The van der Waals surface area contributed by atoms with E-state index in [1.807, 2.05) is 44.2 Å². The molecule has 11 heteroatoms. The first kappa shape index (κ1) is 31.9. The van der Waals surface area contributed by atoms with E-state index in [0.29, 0.717) is 56.1 Å². The quantitative estimate of drug-likeness (QED) is 0.461. The fraction of sp³-hybridized carbons (Fsp3) is 0.441. The second-order valence-electron chi connectivity index (χ2n) is 12.1. The number of aryl methyl sites for hydroxylation is 2. The maximum atomic E-state index is 14.8. The van der Waals surface area contributed by atoms with E-state index in [1.165, 1.54) is 21.9 Å². The average molecular weight is 618 g/mol. The summed E-state index contributed by atoms with van der Waals surface area (Å²) in [7, 11) is 0. The van der Waals surface area contributed by atoms with E-state index in [4.69, 9.17) is 4.42 Å². The predicted molar refractivity (Wildman–Crippen MR) is 166 cm³/mol. The summed E-state index contributed by atoms with van der Waals surface area (Å²) in [4.78, 5) is 61.4. The van der Waals surface area contributed by atoms with Crippen molar-refractivity contribution in [2.75, 3.05) is 26.2 Å². The highest BCUT2D eigenvalue weighted by Crippen LogP contribution is 2.24. The Hall–Kier alpha value is -4.54. The van der Waals surface area contributed by atoms with Crippen molar-refractivity contribution in [3.05, 3.63) is 76.9 Å². The van der Waals surface area contributed by atoms with Gasteiger partial charge >= 0.3 is 0 Å². The maximum Gasteiger partial charge on any atom is 0.257 e. The van der Waals surface area contributed by atoms with Crippen LogP contribution in [0.15, 0.2) is 52.9 Å². The van der Waals surface area contributed by atoms with Gasteiger partial charge in [-0.2, -0.15) is 0 Å². The van der Waals surface area contributed by atoms with Crippen molar-refractivity contribution >= 4 is 23.6 Å². The maximum absolute atomic E-state index is 14.8. The van der Waals surface area contributed by atoms with Crippen LogP contribution in [0.25, 0.3) is 11.5 Å². The molecule has 1 aromatic heterocycles. The van der Waals surface area contributed by atoms with Crippen molar-refractivity contribution in [3.8, 4) is 11.5 Å². The minimum Gasteiger partial charge on any atom is -0.441 e. The van der Waals surface area contributed by atoms with Crippen LogP contribution >= 0.6 is 0 Å². The third-order valence-electron chi connectivity index (χ3n) is 8.51. The van der Waals surface area contributed by atoms with E-state index >= 15 is 0 Å². The zero-order chi connectivity index (χ0) is 32.1. The number of nitrogens with zero attached hydrogens (tertiary/aromatic N) is 3. The molecule has 1 saturated heterocycles. The number of hydrogen-bond donors (Lipinski definition) is 2. The molecule has 5 rings (SSSR count). The number of carbonyl (C=O) groups is 4. The van der Waals surface area contributed by atoms with E-state index in [9.17, 15) is 23.6 Å². The Balaban J connectivity index is 1.40. The third-order valence-corrected chi connectivity index (χ3v) is 8.51. The number of aromatic nitrogens is 1. The number of oxazole rings is 1. The number of benzene rings is 2. The van der Waals surface area contributed by atoms with Crippen molar-refractivity contribution < 1.29 is 28.0 Å². The van der Waals surface area contributed by atoms with Gasteiger partial charge in [0.2, 0.25) is 23.6 Å². The van der Waals surface area contributed by atoms with Gasteiger partial charge in [-0.1, -0.05) is 38.1 Å². The Morgan fingerprint density at radius 2 is 1.89 bits per heavy atom. The molecule has 2 bridgehead atoms. The minimum atomic E-state index is -0.765. The molecule has 0 unspecified atom stereocenters. The fourth-order valence-corrected chi connectivity index (χ4v) is 5.82. The summed E-state index contributed by atoms with van der Waals surface area (Å²) in [6, 6.07) is 12.5. The van der Waals surface area contributed by atoms with Crippen LogP contribution in [0.1, 0.15) is 60.5 Å². The molecule has 4 amide bonds. The van der Waals surface area contributed by atoms with Gasteiger partial charge in [0.1, 0.15) is 17.6 Å². The monoisotopic (exact) mass is 617 g/mol. The van der Waals surface area contributed by atoms with E-state index in [-0.39, 0.29) is 48.7 Å². The molecule has 2 N–H and O–H groups in total. The van der Waals surface area contributed by atoms with Crippen LogP contribution in [0.2, 0.25) is 0 Å². The van der Waals surface area contributed by atoms with Crippen LogP contribution in [0.4, 0.5) is 4.39 Å². The zero-order valence-corrected chi connectivity index (χ0v) is 26.0. The predicted octanol–water partition coefficient (Wildman–Crippen LogP) is 3.67. The van der Waals surface area contributed by atoms with Crippen LogP contribution in [0, 0.1) is 18.7 Å². The van der Waals surface area contributed by atoms with Crippen LogP contribution in [0.3, 0.4) is 0 Å². The molecule has 0 radical (unpaired) electrons. The largest absolute Gasteiger partial charge is 0.441 e. The second kappa shape index (κ2) is 14.0. The molecule has 2 aromatic carbocycles. The van der Waals surface area contributed by atoms with E-state index < -0.39 is 23.8 Å². The van der Waals surface area contributed by atoms with Crippen LogP contribution < -0.4 is 10.6 Å². The van der Waals surface area contributed by atoms with Crippen molar-refractivity contribution in [1.29, 1.82) is 0 Å². The topological polar surface area (TPSA) is 125 Å². The van der Waals surface area contributed by atoms with Gasteiger partial charge in [-0.3, -0.25) is 19.2 Å². The Bertz CT molecular complexity index is 1560. The number of hydrogen-bond acceptors (Lipinski definition) is 6. The number of halogens is 1. The summed E-state index contributed by atoms with van der Waals surface area (Å²) in [5.74, 6) is -1.36. The van der Waals surface area contributed by atoms with Gasteiger partial charge in [0.15, 0.2) is 0 Å². The van der Waals surface area contributed by atoms with Gasteiger partial charge in [-0.25, -0.2) is 9.37 Å². The number of amides is 4. The summed E-state index contributed by atoms with van der Waals surface area (Å²) in [5.41, 5.74) is 1.96. The lowest BCUT2D eigenvalue weighted by atomic mass is 10.0. The molecule has 0 spiro atoms. The first-order valence-corrected chi connectivity index (χ1v) is 15.6. The average Bonchev–Trinajstić information content (AvgIpc) is 3.66. The van der Waals surface area contributed by atoms with Crippen molar-refractivity contribution in [2.24, 2.45) is 5.92 Å². The summed E-state index contributed by atoms with van der Waals surface area (Å²) in [5, 5.41) is 5.91. The molecular weight excluding hydrogens is 577 g/mol. The van der Waals surface area contributed by atoms with Gasteiger partial charge in [-0.05, 0) is 68.4 Å². The molecule has 2 aliphatic heterocycles. The van der Waals surface area contributed by atoms with Crippen LogP contribution in [0.5, 0.6) is 0 Å². The van der Waals surface area contributed by atoms with E-state index in [0.717, 1.165) is 11.1 Å². The molecular formula is C34H40FN5O5. The Labute approximate surface area is 262 Å². The SMILES string of the molecule is Cc1oc(-c2ccccc2)nc1CC(=O)N1CC(=O)NCCCc2ccc(F)c(c2)C(=O)N2CCC[C@H]2C(=O)N[C@H](C(C)C)C1. The number of carbonyl (C=O) groups excluding carboxylic acids is 4. The Kier molecular flexibility index (Phi) is 9.95. The van der Waals surface area contributed by atoms with E-state index in [2.05, 4.69) is 15.6 Å². The summed E-state index contributed by atoms with van der Waals surface area (Å²) in [6.45, 7) is 6.15. The molecule has 10 nitrogen and oxygen atoms in total. The lowest BCUT2D eigenvalue weighted by molar-refractivity contribution is -0.136. The van der Waals surface area contributed by atoms with Gasteiger partial charge in [-0.15, -0.1) is 0 Å². The summed E-state index contributed by atoms with van der Waals surface area (Å²) in [6.07, 6.45) is 2.05. The van der Waals surface area contributed by atoms with Gasteiger partial charge in [0.25, 0.3) is 5.91 Å². The van der Waals surface area contributed by atoms with E-state index in [1.54, 1.807) is 13.0 Å². The normalized spacial score (nSPS) is 20.1. The highest BCUT2D eigenvalue weighted by Gasteiger charge is 2.37. The standard InChI is InChI=1S/C34H40FN5O5/c1-21(2)28-19-39(31(42)18-27-22(3)45-33(38-27)24-10-5-4-6-11-24)20-30(41)36-15-7-9-23-13-14-26(35)25(17-23)34(44)40-16-8-12-29(40)32(43)37-28/h4-6,10-11,13-14,17,21,28-29H,7-9,12,15-16,18-20H2,1-3H3,(H,36,41)(H,37,43)/t28-,29-/m0/s1. The lowest BCUT2D eigenvalue weighted by Crippen LogP contribution is -2.55. The van der Waals surface area contributed by atoms with Gasteiger partial charge in [0.05, 0.1) is 24.2 Å². The highest BCUT2D eigenvalue weighted by molar-refractivity contribution is 5.98. The minimum absolute atomic E-state index is 0.0590. The molecule has 3 heterocycles. The Morgan fingerprint density at radius 1 is 1.11 bits per heavy atom. The third kappa shape index (κ3) is 7.58. The summed E-state index contributed by atoms with van der Waals surface area (Å²) < 4.78 is 20.7. The molecule has 3 aromatic rings. The number of nitrogens with one attached hydrogen (secondary N) is 2. The molecule has 2 atom stereocenters. The lowest BCUT2D eigenvalue weighted by Gasteiger charge is -2.32. The second-order valence-corrected chi connectivity index (χ2v) is 12.1. The van der Waals surface area contributed by atoms with Gasteiger partial charge < -0.3 is 24.9 Å². The van der Waals surface area contributed by atoms with Crippen LogP contribution in [-0.2, 0) is 27.2 Å². The molecule has 0 saturated carbocycles. The number of fused-ring (bicyclic) bond motifs is 3. The van der Waals surface area contributed by atoms with Crippen molar-refractivity contribution in [2.45, 2.75) is 65.0 Å². The van der Waals surface area contributed by atoms with Crippen molar-refractivity contribution in [3.63, 3.8) is 0 Å². The first-order chi connectivity index (χ1) is 21.6. The molecule has 1 fully saturated rings. The first-order valence-electron chi connectivity index (χ1n) is 15.6. The smallest absolute Gasteiger partial charge is 0.257 e. The molecule has 2 aliphatic rings. The molecule has 238 valence electrons. The Morgan fingerprint density at radius 3 is 2.64 bits per heavy atom. The highest BCUT2D eigenvalue weighted by atomic mass is 19.1.